The van der Waals surface area contributed by atoms with Crippen molar-refractivity contribution in [1.82, 2.24) is 15.0 Å². The first-order valence-electron chi connectivity index (χ1n) is 7.04. The normalized spacial score (nSPS) is 10.7. The molecule has 1 heterocycles. The van der Waals surface area contributed by atoms with Gasteiger partial charge in [0.2, 0.25) is 0 Å². The minimum atomic E-state index is 0.527. The summed E-state index contributed by atoms with van der Waals surface area (Å²) in [6.45, 7) is 4.12. The van der Waals surface area contributed by atoms with E-state index in [2.05, 4.69) is 30.2 Å². The van der Waals surface area contributed by atoms with E-state index < -0.39 is 0 Å². The van der Waals surface area contributed by atoms with E-state index in [1.165, 1.54) is 5.56 Å². The summed E-state index contributed by atoms with van der Waals surface area (Å²) >= 11 is 0. The van der Waals surface area contributed by atoms with E-state index in [4.69, 9.17) is 10.5 Å². The van der Waals surface area contributed by atoms with E-state index in [1.54, 1.807) is 11.8 Å². The largest absolute Gasteiger partial charge is 0.497 e. The molecule has 0 aliphatic heterocycles. The molecule has 0 radical (unpaired) electrons. The molecular weight excluding hydrogens is 276 g/mol. The maximum absolute atomic E-state index is 6.26. The van der Waals surface area contributed by atoms with Gasteiger partial charge in [-0.1, -0.05) is 17.3 Å². The number of hydrogen-bond donors (Lipinski definition) is 1. The Hall–Kier alpha value is -2.82. The SMILES string of the molecule is COc1ccc(-c2nnn(-c3cccc(C)c3C)c2N)cc1. The van der Waals surface area contributed by atoms with Crippen molar-refractivity contribution < 1.29 is 4.74 Å². The Labute approximate surface area is 129 Å². The molecular formula is C17H18N4O. The first-order chi connectivity index (χ1) is 10.6. The lowest BCUT2D eigenvalue weighted by Gasteiger charge is -2.09. The number of nitrogens with zero attached hydrogens (tertiary/aromatic N) is 3. The van der Waals surface area contributed by atoms with Gasteiger partial charge in [-0.15, -0.1) is 5.10 Å². The van der Waals surface area contributed by atoms with E-state index in [1.807, 2.05) is 36.4 Å². The number of nitrogen functional groups attached to an aromatic ring is 1. The van der Waals surface area contributed by atoms with Crippen LogP contribution in [0.15, 0.2) is 42.5 Å². The Morgan fingerprint density at radius 3 is 2.45 bits per heavy atom. The Kier molecular flexibility index (Phi) is 3.55. The number of hydrogen-bond acceptors (Lipinski definition) is 4. The summed E-state index contributed by atoms with van der Waals surface area (Å²) in [5, 5.41) is 8.45. The highest BCUT2D eigenvalue weighted by atomic mass is 16.5. The number of aryl methyl sites for hydroxylation is 1. The smallest absolute Gasteiger partial charge is 0.155 e. The molecule has 5 nitrogen and oxygen atoms in total. The van der Waals surface area contributed by atoms with Crippen molar-refractivity contribution in [3.8, 4) is 22.7 Å². The average Bonchev–Trinajstić information content (AvgIpc) is 2.92. The van der Waals surface area contributed by atoms with Crippen LogP contribution in [0, 0.1) is 13.8 Å². The third-order valence-electron chi connectivity index (χ3n) is 3.87. The zero-order chi connectivity index (χ0) is 15.7. The van der Waals surface area contributed by atoms with Crippen molar-refractivity contribution >= 4 is 5.82 Å². The fraction of sp³-hybridized carbons (Fsp3) is 0.176. The van der Waals surface area contributed by atoms with E-state index in [0.29, 0.717) is 11.5 Å². The molecule has 0 amide bonds. The second-order valence-corrected chi connectivity index (χ2v) is 5.18. The quantitative estimate of drug-likeness (QED) is 0.806. The third-order valence-corrected chi connectivity index (χ3v) is 3.87. The van der Waals surface area contributed by atoms with Crippen molar-refractivity contribution in [2.45, 2.75) is 13.8 Å². The summed E-state index contributed by atoms with van der Waals surface area (Å²) in [7, 11) is 1.64. The molecule has 112 valence electrons. The maximum atomic E-state index is 6.26. The van der Waals surface area contributed by atoms with Crippen LogP contribution in [-0.2, 0) is 0 Å². The maximum Gasteiger partial charge on any atom is 0.155 e. The number of methoxy groups -OCH3 is 1. The second-order valence-electron chi connectivity index (χ2n) is 5.18. The van der Waals surface area contributed by atoms with Gasteiger partial charge < -0.3 is 10.5 Å². The van der Waals surface area contributed by atoms with Crippen molar-refractivity contribution in [2.24, 2.45) is 0 Å². The monoisotopic (exact) mass is 294 g/mol. The summed E-state index contributed by atoms with van der Waals surface area (Å²) in [4.78, 5) is 0. The highest BCUT2D eigenvalue weighted by Crippen LogP contribution is 2.28. The summed E-state index contributed by atoms with van der Waals surface area (Å²) in [6.07, 6.45) is 0. The van der Waals surface area contributed by atoms with Gasteiger partial charge in [0.1, 0.15) is 11.4 Å². The van der Waals surface area contributed by atoms with Gasteiger partial charge in [-0.25, -0.2) is 0 Å². The highest BCUT2D eigenvalue weighted by Gasteiger charge is 2.14. The minimum absolute atomic E-state index is 0.527. The molecule has 3 rings (SSSR count). The fourth-order valence-electron chi connectivity index (χ4n) is 2.39. The molecule has 0 unspecified atom stereocenters. The molecule has 1 aromatic heterocycles. The predicted molar refractivity (Wildman–Crippen MR) is 87.2 cm³/mol. The molecule has 0 saturated heterocycles. The highest BCUT2D eigenvalue weighted by molar-refractivity contribution is 5.71. The van der Waals surface area contributed by atoms with Crippen LogP contribution in [0.5, 0.6) is 5.75 Å². The number of aromatic nitrogens is 3. The van der Waals surface area contributed by atoms with Gasteiger partial charge in [0.05, 0.1) is 12.8 Å². The minimum Gasteiger partial charge on any atom is -0.497 e. The van der Waals surface area contributed by atoms with Crippen molar-refractivity contribution in [3.05, 3.63) is 53.6 Å². The Bertz CT molecular complexity index is 806. The van der Waals surface area contributed by atoms with Crippen LogP contribution < -0.4 is 10.5 Å². The molecule has 22 heavy (non-hydrogen) atoms. The van der Waals surface area contributed by atoms with Crippen molar-refractivity contribution in [2.75, 3.05) is 12.8 Å². The number of benzene rings is 2. The summed E-state index contributed by atoms with van der Waals surface area (Å²) in [6, 6.07) is 13.7. The predicted octanol–water partition coefficient (Wildman–Crippen LogP) is 3.14. The van der Waals surface area contributed by atoms with Crippen LogP contribution in [0.2, 0.25) is 0 Å². The van der Waals surface area contributed by atoms with Crippen LogP contribution in [0.1, 0.15) is 11.1 Å². The molecule has 2 aromatic carbocycles. The standard InChI is InChI=1S/C17H18N4O/c1-11-5-4-6-15(12(11)2)21-17(18)16(19-20-21)13-7-9-14(22-3)10-8-13/h4-10H,18H2,1-3H3. The van der Waals surface area contributed by atoms with Crippen LogP contribution >= 0.6 is 0 Å². The average molecular weight is 294 g/mol. The molecule has 0 aliphatic rings. The molecule has 0 fully saturated rings. The first-order valence-corrected chi connectivity index (χ1v) is 7.04. The lowest BCUT2D eigenvalue weighted by atomic mass is 10.1. The van der Waals surface area contributed by atoms with Crippen LogP contribution in [0.25, 0.3) is 16.9 Å². The van der Waals surface area contributed by atoms with Crippen molar-refractivity contribution in [3.63, 3.8) is 0 Å². The molecule has 0 saturated carbocycles. The molecule has 3 aromatic rings. The lowest BCUT2D eigenvalue weighted by molar-refractivity contribution is 0.415. The Morgan fingerprint density at radius 2 is 1.77 bits per heavy atom. The zero-order valence-electron chi connectivity index (χ0n) is 12.9. The third kappa shape index (κ3) is 2.30. The Balaban J connectivity index is 2.06. The van der Waals surface area contributed by atoms with Crippen molar-refractivity contribution in [1.29, 1.82) is 0 Å². The summed E-state index contributed by atoms with van der Waals surface area (Å²) < 4.78 is 6.85. The number of ether oxygens (including phenoxy) is 1. The first kappa shape index (κ1) is 14.1. The zero-order valence-corrected chi connectivity index (χ0v) is 12.9. The van der Waals surface area contributed by atoms with E-state index in [0.717, 1.165) is 22.6 Å². The van der Waals surface area contributed by atoms with Gasteiger partial charge in [-0.05, 0) is 55.3 Å². The van der Waals surface area contributed by atoms with Crippen LogP contribution in [-0.4, -0.2) is 22.1 Å². The number of anilines is 1. The molecule has 2 N–H and O–H groups in total. The van der Waals surface area contributed by atoms with Gasteiger partial charge in [-0.2, -0.15) is 4.68 Å². The second kappa shape index (κ2) is 5.52. The molecule has 0 bridgehead atoms. The van der Waals surface area contributed by atoms with Gasteiger partial charge in [0.25, 0.3) is 0 Å². The van der Waals surface area contributed by atoms with E-state index in [9.17, 15) is 0 Å². The Morgan fingerprint density at radius 1 is 1.05 bits per heavy atom. The molecule has 0 atom stereocenters. The number of rotatable bonds is 3. The molecule has 0 spiro atoms. The van der Waals surface area contributed by atoms with Gasteiger partial charge >= 0.3 is 0 Å². The van der Waals surface area contributed by atoms with Gasteiger partial charge in [0, 0.05) is 5.56 Å². The van der Waals surface area contributed by atoms with Crippen LogP contribution in [0.3, 0.4) is 0 Å². The lowest BCUT2D eigenvalue weighted by Crippen LogP contribution is -2.05. The topological polar surface area (TPSA) is 66.0 Å². The van der Waals surface area contributed by atoms with E-state index >= 15 is 0 Å². The summed E-state index contributed by atoms with van der Waals surface area (Å²) in [5.41, 5.74) is 11.1. The fourth-order valence-corrected chi connectivity index (χ4v) is 2.39. The molecule has 0 aliphatic carbocycles. The van der Waals surface area contributed by atoms with Gasteiger partial charge in [-0.3, -0.25) is 0 Å². The number of nitrogens with two attached hydrogens (primary N) is 1. The van der Waals surface area contributed by atoms with E-state index in [-0.39, 0.29) is 0 Å². The summed E-state index contributed by atoms with van der Waals surface area (Å²) in [5.74, 6) is 1.32. The molecule has 5 heteroatoms. The van der Waals surface area contributed by atoms with Crippen LogP contribution in [0.4, 0.5) is 5.82 Å². The van der Waals surface area contributed by atoms with Gasteiger partial charge in [0.15, 0.2) is 5.82 Å².